The van der Waals surface area contributed by atoms with E-state index in [-0.39, 0.29) is 44.9 Å². The van der Waals surface area contributed by atoms with Gasteiger partial charge in [-0.2, -0.15) is 26.3 Å². The van der Waals surface area contributed by atoms with Gasteiger partial charge in [-0.05, 0) is 12.1 Å². The van der Waals surface area contributed by atoms with Gasteiger partial charge < -0.3 is 9.67 Å². The first-order valence-electron chi connectivity index (χ1n) is 9.78. The molecule has 6 rings (SSSR count). The zero-order chi connectivity index (χ0) is 22.6. The summed E-state index contributed by atoms with van der Waals surface area (Å²) in [7, 11) is 0. The average molecular weight is 465 g/mol. The number of hydrogen-bond acceptors (Lipinski definition) is 2. The summed E-state index contributed by atoms with van der Waals surface area (Å²) in [6, 6.07) is 12.6. The van der Waals surface area contributed by atoms with Crippen LogP contribution in [0.5, 0.6) is 0 Å². The molecule has 2 aromatic heterocycles. The molecule has 0 atom stereocenters. The number of alkyl halides is 6. The molecular formula is C23H13F6NOS. The number of hydrogen-bond donors (Lipinski definition) is 1. The highest BCUT2D eigenvalue weighted by molar-refractivity contribution is 7.26. The van der Waals surface area contributed by atoms with Crippen LogP contribution < -0.4 is 0 Å². The van der Waals surface area contributed by atoms with Gasteiger partial charge in [0.1, 0.15) is 0 Å². The molecule has 3 aromatic carbocycles. The number of benzene rings is 3. The van der Waals surface area contributed by atoms with Crippen LogP contribution in [0.15, 0.2) is 48.5 Å². The molecule has 0 amide bonds. The molecular weight excluding hydrogens is 452 g/mol. The summed E-state index contributed by atoms with van der Waals surface area (Å²) in [5, 5.41) is 9.42. The van der Waals surface area contributed by atoms with Crippen LogP contribution in [0.2, 0.25) is 0 Å². The van der Waals surface area contributed by atoms with E-state index in [4.69, 9.17) is 0 Å². The van der Waals surface area contributed by atoms with Crippen LogP contribution in [-0.2, 0) is 18.4 Å². The Bertz CT molecular complexity index is 1580. The SMILES string of the molecule is OCCn1c2ccccc2c2c3c(c4c5ccccc5sc4c21)C(F)(F)C(F)(F)C3(F)F. The smallest absolute Gasteiger partial charge is 0.380 e. The molecule has 1 aliphatic rings. The van der Waals surface area contributed by atoms with E-state index in [1.165, 1.54) is 18.2 Å². The summed E-state index contributed by atoms with van der Waals surface area (Å²) in [6.07, 6.45) is 0. The predicted molar refractivity (Wildman–Crippen MR) is 112 cm³/mol. The van der Waals surface area contributed by atoms with E-state index in [0.29, 0.717) is 10.2 Å². The molecule has 1 aliphatic carbocycles. The number of aliphatic hydroxyl groups is 1. The Labute approximate surface area is 180 Å². The lowest BCUT2D eigenvalue weighted by atomic mass is 9.95. The molecule has 0 bridgehead atoms. The Hall–Kier alpha value is -2.78. The quantitative estimate of drug-likeness (QED) is 0.280. The average Bonchev–Trinajstić information content (AvgIpc) is 3.32. The van der Waals surface area contributed by atoms with Crippen LogP contribution in [0.1, 0.15) is 11.1 Å². The maximum absolute atomic E-state index is 15.2. The molecule has 0 fully saturated rings. The third-order valence-electron chi connectivity index (χ3n) is 6.27. The first-order valence-corrected chi connectivity index (χ1v) is 10.6. The third-order valence-corrected chi connectivity index (χ3v) is 7.45. The van der Waals surface area contributed by atoms with E-state index in [1.807, 2.05) is 0 Å². The van der Waals surface area contributed by atoms with Crippen molar-refractivity contribution in [3.05, 3.63) is 59.7 Å². The van der Waals surface area contributed by atoms with E-state index in [1.54, 1.807) is 34.9 Å². The number of nitrogens with zero attached hydrogens (tertiary/aromatic N) is 1. The van der Waals surface area contributed by atoms with E-state index >= 15 is 17.6 Å². The van der Waals surface area contributed by atoms with Crippen molar-refractivity contribution in [1.82, 2.24) is 4.57 Å². The number of para-hydroxylation sites is 1. The van der Waals surface area contributed by atoms with E-state index in [2.05, 4.69) is 0 Å². The molecule has 0 spiro atoms. The Morgan fingerprint density at radius 1 is 0.781 bits per heavy atom. The Morgan fingerprint density at radius 3 is 2.06 bits per heavy atom. The first-order chi connectivity index (χ1) is 15.1. The maximum Gasteiger partial charge on any atom is 0.380 e. The van der Waals surface area contributed by atoms with Gasteiger partial charge in [0.05, 0.1) is 16.8 Å². The van der Waals surface area contributed by atoms with Crippen molar-refractivity contribution in [2.75, 3.05) is 6.61 Å². The van der Waals surface area contributed by atoms with E-state index in [9.17, 15) is 13.9 Å². The lowest BCUT2D eigenvalue weighted by Gasteiger charge is -2.23. The third kappa shape index (κ3) is 2.02. The van der Waals surface area contributed by atoms with Gasteiger partial charge in [-0.15, -0.1) is 11.3 Å². The summed E-state index contributed by atoms with van der Waals surface area (Å²) in [6.45, 7) is -0.357. The van der Waals surface area contributed by atoms with Crippen molar-refractivity contribution in [2.24, 2.45) is 0 Å². The molecule has 2 heterocycles. The minimum Gasteiger partial charge on any atom is -0.395 e. The number of halogens is 6. The lowest BCUT2D eigenvalue weighted by molar-refractivity contribution is -0.301. The largest absolute Gasteiger partial charge is 0.395 e. The van der Waals surface area contributed by atoms with Gasteiger partial charge in [0.25, 0.3) is 0 Å². The highest BCUT2D eigenvalue weighted by atomic mass is 32.1. The summed E-state index contributed by atoms with van der Waals surface area (Å²) in [5.41, 5.74) is -2.08. The van der Waals surface area contributed by atoms with Crippen molar-refractivity contribution in [3.8, 4) is 0 Å². The van der Waals surface area contributed by atoms with Crippen LogP contribution in [0, 0.1) is 0 Å². The minimum atomic E-state index is -5.59. The summed E-state index contributed by atoms with van der Waals surface area (Å²) >= 11 is 1.09. The first kappa shape index (κ1) is 19.9. The highest BCUT2D eigenvalue weighted by Gasteiger charge is 2.80. The van der Waals surface area contributed by atoms with Crippen LogP contribution >= 0.6 is 11.3 Å². The Kier molecular flexibility index (Phi) is 3.70. The minimum absolute atomic E-state index is 0.00942. The molecule has 9 heteroatoms. The molecule has 164 valence electrons. The van der Waals surface area contributed by atoms with Crippen molar-refractivity contribution in [1.29, 1.82) is 0 Å². The van der Waals surface area contributed by atoms with E-state index in [0.717, 1.165) is 11.3 Å². The van der Waals surface area contributed by atoms with Crippen molar-refractivity contribution < 1.29 is 31.4 Å². The van der Waals surface area contributed by atoms with Gasteiger partial charge in [-0.3, -0.25) is 0 Å². The van der Waals surface area contributed by atoms with E-state index < -0.39 is 28.9 Å². The molecule has 2 nitrogen and oxygen atoms in total. The Morgan fingerprint density at radius 2 is 1.38 bits per heavy atom. The fourth-order valence-electron chi connectivity index (χ4n) is 4.97. The van der Waals surface area contributed by atoms with Gasteiger partial charge in [-0.1, -0.05) is 36.4 Å². The standard InChI is InChI=1S/C23H13F6NOS/c24-21(25)17-15-11-5-1-3-7-13(11)30(9-10-31)19(15)20-16(12-6-2-4-8-14(12)32-20)18(17)22(26,27)23(21,28)29/h1-8,31H,9-10H2. The number of aromatic nitrogens is 1. The van der Waals surface area contributed by atoms with Crippen LogP contribution in [0.4, 0.5) is 26.3 Å². The zero-order valence-electron chi connectivity index (χ0n) is 16.1. The van der Waals surface area contributed by atoms with Crippen LogP contribution in [-0.4, -0.2) is 22.2 Å². The number of rotatable bonds is 2. The molecule has 0 radical (unpaired) electrons. The van der Waals surface area contributed by atoms with Crippen molar-refractivity contribution in [3.63, 3.8) is 0 Å². The molecule has 0 aliphatic heterocycles. The molecule has 0 saturated heterocycles. The lowest BCUT2D eigenvalue weighted by Crippen LogP contribution is -2.43. The molecule has 0 unspecified atom stereocenters. The fraction of sp³-hybridized carbons (Fsp3) is 0.217. The highest BCUT2D eigenvalue weighted by Crippen LogP contribution is 2.67. The topological polar surface area (TPSA) is 25.2 Å². The second-order valence-electron chi connectivity index (χ2n) is 7.89. The molecule has 1 N–H and O–H groups in total. The van der Waals surface area contributed by atoms with Crippen LogP contribution in [0.3, 0.4) is 0 Å². The number of fused-ring (bicyclic) bond motifs is 10. The second-order valence-corrected chi connectivity index (χ2v) is 8.94. The van der Waals surface area contributed by atoms with Crippen molar-refractivity contribution >= 4 is 53.3 Å². The van der Waals surface area contributed by atoms with Gasteiger partial charge in [-0.25, -0.2) is 0 Å². The predicted octanol–water partition coefficient (Wildman–Crippen LogP) is 6.99. The van der Waals surface area contributed by atoms with Crippen molar-refractivity contribution in [2.45, 2.75) is 24.3 Å². The summed E-state index contributed by atoms with van der Waals surface area (Å²) in [4.78, 5) is 0. The van der Waals surface area contributed by atoms with Crippen LogP contribution in [0.25, 0.3) is 42.0 Å². The monoisotopic (exact) mass is 465 g/mol. The second kappa shape index (κ2) is 5.96. The van der Waals surface area contributed by atoms with Gasteiger partial charge >= 0.3 is 17.8 Å². The fourth-order valence-corrected chi connectivity index (χ4v) is 6.24. The number of thiophene rings is 1. The molecule has 5 aromatic rings. The zero-order valence-corrected chi connectivity index (χ0v) is 16.9. The Balaban J connectivity index is 2.03. The molecule has 32 heavy (non-hydrogen) atoms. The molecule has 0 saturated carbocycles. The van der Waals surface area contributed by atoms with Gasteiger partial charge in [0.15, 0.2) is 0 Å². The number of aliphatic hydroxyl groups excluding tert-OH is 1. The van der Waals surface area contributed by atoms with Gasteiger partial charge in [0.2, 0.25) is 0 Å². The summed E-state index contributed by atoms with van der Waals surface area (Å²) in [5.74, 6) is -15.7. The maximum atomic E-state index is 15.2. The normalized spacial score (nSPS) is 18.8. The summed E-state index contributed by atoms with van der Waals surface area (Å²) < 4.78 is 92.4. The van der Waals surface area contributed by atoms with Gasteiger partial charge in [0, 0.05) is 49.4 Å².